The van der Waals surface area contributed by atoms with Crippen molar-refractivity contribution >= 4 is 17.7 Å². The first-order valence-corrected chi connectivity index (χ1v) is 6.04. The Hall–Kier alpha value is -1.43. The Kier molecular flexibility index (Phi) is 5.27. The fraction of sp³-hybridized carbons (Fsp3) is 0.750. The van der Waals surface area contributed by atoms with Crippen molar-refractivity contribution in [3.05, 3.63) is 0 Å². The van der Waals surface area contributed by atoms with Gasteiger partial charge in [-0.2, -0.15) is 0 Å². The van der Waals surface area contributed by atoms with Gasteiger partial charge in [0, 0.05) is 38.9 Å². The molecule has 6 heteroatoms. The summed E-state index contributed by atoms with van der Waals surface area (Å²) in [6, 6.07) is -0.673. The summed E-state index contributed by atoms with van der Waals surface area (Å²) in [5.74, 6) is -0.504. The van der Waals surface area contributed by atoms with Crippen LogP contribution in [0, 0.1) is 5.92 Å². The number of nitrogens with one attached hydrogen (secondary N) is 1. The van der Waals surface area contributed by atoms with Gasteiger partial charge in [0.15, 0.2) is 0 Å². The van der Waals surface area contributed by atoms with Gasteiger partial charge in [-0.25, -0.2) is 4.79 Å². The molecule has 0 radical (unpaired) electrons. The second-order valence-corrected chi connectivity index (χ2v) is 4.65. The van der Waals surface area contributed by atoms with Gasteiger partial charge in [0.25, 0.3) is 0 Å². The Morgan fingerprint density at radius 1 is 1.56 bits per heavy atom. The first kappa shape index (κ1) is 14.6. The van der Waals surface area contributed by atoms with Crippen molar-refractivity contribution in [1.82, 2.24) is 10.2 Å². The molecule has 1 fully saturated rings. The van der Waals surface area contributed by atoms with Crippen molar-refractivity contribution in [2.45, 2.75) is 26.3 Å². The predicted octanol–water partition coefficient (Wildman–Crippen LogP) is -0.425. The lowest BCUT2D eigenvalue weighted by molar-refractivity contribution is -0.145. The fourth-order valence-corrected chi connectivity index (χ4v) is 2.09. The molecule has 6 nitrogen and oxygen atoms in total. The summed E-state index contributed by atoms with van der Waals surface area (Å²) in [6.07, 6.45) is 0.495. The van der Waals surface area contributed by atoms with E-state index in [9.17, 15) is 14.4 Å². The molecule has 0 spiro atoms. The molecule has 0 aromatic rings. The number of rotatable bonds is 4. The average Bonchev–Trinajstić information content (AvgIpc) is 2.31. The van der Waals surface area contributed by atoms with E-state index in [1.165, 1.54) is 14.0 Å². The van der Waals surface area contributed by atoms with Crippen molar-refractivity contribution < 1.29 is 19.1 Å². The van der Waals surface area contributed by atoms with E-state index < -0.39 is 12.0 Å². The number of carbonyl (C=O) groups excluding carboxylic acids is 3. The largest absolute Gasteiger partial charge is 0.467 e. The highest BCUT2D eigenvalue weighted by Crippen LogP contribution is 2.12. The van der Waals surface area contributed by atoms with E-state index in [0.717, 1.165) is 0 Å². The molecular formula is C12H20N2O4. The van der Waals surface area contributed by atoms with Gasteiger partial charge >= 0.3 is 5.97 Å². The third-order valence-corrected chi connectivity index (χ3v) is 3.06. The number of amides is 1. The van der Waals surface area contributed by atoms with Gasteiger partial charge in [-0.05, 0) is 0 Å². The topological polar surface area (TPSA) is 75.7 Å². The summed E-state index contributed by atoms with van der Waals surface area (Å²) >= 11 is 0. The number of carbonyl (C=O) groups is 3. The van der Waals surface area contributed by atoms with E-state index in [4.69, 9.17) is 0 Å². The van der Waals surface area contributed by atoms with Crippen LogP contribution in [0.2, 0.25) is 0 Å². The summed E-state index contributed by atoms with van der Waals surface area (Å²) in [5, 5.41) is 2.56. The Balaban J connectivity index is 2.57. The van der Waals surface area contributed by atoms with E-state index in [1.54, 1.807) is 0 Å². The molecule has 1 rings (SSSR count). The lowest BCUT2D eigenvalue weighted by atomic mass is 9.98. The van der Waals surface area contributed by atoms with Gasteiger partial charge in [0.2, 0.25) is 5.91 Å². The van der Waals surface area contributed by atoms with Crippen LogP contribution in [0.5, 0.6) is 0 Å². The summed E-state index contributed by atoms with van der Waals surface area (Å²) in [4.78, 5) is 36.0. The second kappa shape index (κ2) is 6.49. The van der Waals surface area contributed by atoms with Crippen molar-refractivity contribution in [2.24, 2.45) is 5.92 Å². The minimum absolute atomic E-state index is 0.0191. The molecule has 18 heavy (non-hydrogen) atoms. The molecule has 0 aromatic heterocycles. The van der Waals surface area contributed by atoms with E-state index in [2.05, 4.69) is 10.1 Å². The Morgan fingerprint density at radius 3 is 2.72 bits per heavy atom. The quantitative estimate of drug-likeness (QED) is 0.691. The van der Waals surface area contributed by atoms with Gasteiger partial charge in [0.05, 0.1) is 7.11 Å². The van der Waals surface area contributed by atoms with Gasteiger partial charge < -0.3 is 10.1 Å². The minimum atomic E-state index is -0.673. The summed E-state index contributed by atoms with van der Waals surface area (Å²) in [7, 11) is 1.29. The Bertz CT molecular complexity index is 343. The minimum Gasteiger partial charge on any atom is -0.467 e. The molecule has 1 amide bonds. The van der Waals surface area contributed by atoms with Crippen LogP contribution in [0.3, 0.4) is 0 Å². The fourth-order valence-electron chi connectivity index (χ4n) is 2.09. The molecule has 0 aromatic carbocycles. The van der Waals surface area contributed by atoms with E-state index in [0.29, 0.717) is 26.1 Å². The van der Waals surface area contributed by atoms with Gasteiger partial charge in [-0.3, -0.25) is 14.5 Å². The zero-order chi connectivity index (χ0) is 13.7. The van der Waals surface area contributed by atoms with Crippen LogP contribution in [-0.2, 0) is 19.1 Å². The molecule has 0 saturated carbocycles. The molecule has 1 aliphatic heterocycles. The Labute approximate surface area is 107 Å². The maximum atomic E-state index is 11.5. The summed E-state index contributed by atoms with van der Waals surface area (Å²) in [6.45, 7) is 4.85. The maximum Gasteiger partial charge on any atom is 0.329 e. The number of methoxy groups -OCH3 is 1. The molecule has 2 atom stereocenters. The average molecular weight is 256 g/mol. The van der Waals surface area contributed by atoms with Crippen molar-refractivity contribution in [3.8, 4) is 0 Å². The van der Waals surface area contributed by atoms with Crippen molar-refractivity contribution in [3.63, 3.8) is 0 Å². The molecule has 2 unspecified atom stereocenters. The summed E-state index contributed by atoms with van der Waals surface area (Å²) in [5.41, 5.74) is 0. The monoisotopic (exact) mass is 256 g/mol. The highest BCUT2D eigenvalue weighted by Gasteiger charge is 2.28. The zero-order valence-corrected chi connectivity index (χ0v) is 11.1. The van der Waals surface area contributed by atoms with Gasteiger partial charge in [0.1, 0.15) is 11.8 Å². The highest BCUT2D eigenvalue weighted by molar-refractivity contribution is 5.83. The second-order valence-electron chi connectivity index (χ2n) is 4.65. The van der Waals surface area contributed by atoms with E-state index in [-0.39, 0.29) is 17.6 Å². The third kappa shape index (κ3) is 4.10. The lowest BCUT2D eigenvalue weighted by Gasteiger charge is -2.32. The van der Waals surface area contributed by atoms with E-state index in [1.807, 2.05) is 11.8 Å². The van der Waals surface area contributed by atoms with Crippen molar-refractivity contribution in [1.29, 1.82) is 0 Å². The number of piperidine rings is 1. The van der Waals surface area contributed by atoms with Crippen LogP contribution in [0.25, 0.3) is 0 Å². The first-order chi connectivity index (χ1) is 8.43. The molecule has 102 valence electrons. The van der Waals surface area contributed by atoms with Crippen LogP contribution in [0.15, 0.2) is 0 Å². The number of esters is 1. The van der Waals surface area contributed by atoms with Crippen LogP contribution in [-0.4, -0.2) is 55.3 Å². The number of Topliss-reactive ketones (excluding diaryl/α,β-unsaturated/α-hetero) is 1. The molecule has 1 heterocycles. The van der Waals surface area contributed by atoms with Gasteiger partial charge in [-0.15, -0.1) is 0 Å². The first-order valence-electron chi connectivity index (χ1n) is 6.04. The molecule has 0 bridgehead atoms. The van der Waals surface area contributed by atoms with Crippen LogP contribution >= 0.6 is 0 Å². The summed E-state index contributed by atoms with van der Waals surface area (Å²) < 4.78 is 4.66. The van der Waals surface area contributed by atoms with Crippen LogP contribution in [0.4, 0.5) is 0 Å². The number of hydrogen-bond donors (Lipinski definition) is 1. The SMILES string of the molecule is COC(=O)C(CN1CCC(=O)C(C)C1)NC(C)=O. The molecule has 1 aliphatic rings. The number of hydrogen-bond acceptors (Lipinski definition) is 5. The number of ether oxygens (including phenoxy) is 1. The maximum absolute atomic E-state index is 11.5. The highest BCUT2D eigenvalue weighted by atomic mass is 16.5. The smallest absolute Gasteiger partial charge is 0.329 e. The molecule has 1 saturated heterocycles. The van der Waals surface area contributed by atoms with Crippen LogP contribution < -0.4 is 5.32 Å². The standard InChI is InChI=1S/C12H20N2O4/c1-8-6-14(5-4-11(8)16)7-10(12(17)18-3)13-9(2)15/h8,10H,4-7H2,1-3H3,(H,13,15). The number of ketones is 1. The Morgan fingerprint density at radius 2 is 2.22 bits per heavy atom. The lowest BCUT2D eigenvalue weighted by Crippen LogP contribution is -2.51. The van der Waals surface area contributed by atoms with Crippen LogP contribution in [0.1, 0.15) is 20.3 Å². The van der Waals surface area contributed by atoms with Crippen molar-refractivity contribution in [2.75, 3.05) is 26.7 Å². The number of likely N-dealkylation sites (tertiary alicyclic amines) is 1. The molecule has 0 aliphatic carbocycles. The molecule has 1 N–H and O–H groups in total. The normalized spacial score (nSPS) is 22.4. The number of nitrogens with zero attached hydrogens (tertiary/aromatic N) is 1. The third-order valence-electron chi connectivity index (χ3n) is 3.06. The van der Waals surface area contributed by atoms with E-state index >= 15 is 0 Å². The molecular weight excluding hydrogens is 236 g/mol. The van der Waals surface area contributed by atoms with Gasteiger partial charge in [-0.1, -0.05) is 6.92 Å². The zero-order valence-electron chi connectivity index (χ0n) is 11.1. The predicted molar refractivity (Wildman–Crippen MR) is 64.8 cm³/mol.